The van der Waals surface area contributed by atoms with Gasteiger partial charge in [0, 0.05) is 5.56 Å². The lowest BCUT2D eigenvalue weighted by molar-refractivity contribution is 0.102. The fourth-order valence-corrected chi connectivity index (χ4v) is 1.43. The Morgan fingerprint density at radius 3 is 2.50 bits per heavy atom. The molecule has 4 nitrogen and oxygen atoms in total. The van der Waals surface area contributed by atoms with Crippen molar-refractivity contribution < 1.29 is 9.18 Å². The molecule has 0 saturated carbocycles. The predicted octanol–water partition coefficient (Wildman–Crippen LogP) is 2.36. The van der Waals surface area contributed by atoms with Crippen LogP contribution in [0, 0.1) is 12.7 Å². The van der Waals surface area contributed by atoms with E-state index in [2.05, 4.69) is 10.3 Å². The molecule has 0 aliphatic rings. The quantitative estimate of drug-likeness (QED) is 0.853. The predicted molar refractivity (Wildman–Crippen MR) is 67.7 cm³/mol. The molecule has 1 aromatic carbocycles. The fraction of sp³-hybridized carbons (Fsp3) is 0.0769. The molecular weight excluding hydrogens is 233 g/mol. The summed E-state index contributed by atoms with van der Waals surface area (Å²) < 4.78 is 12.7. The van der Waals surface area contributed by atoms with Crippen LogP contribution in [0.15, 0.2) is 36.4 Å². The number of nitrogens with one attached hydrogen (secondary N) is 1. The maximum Gasteiger partial charge on any atom is 0.256 e. The lowest BCUT2D eigenvalue weighted by Crippen LogP contribution is -2.13. The minimum absolute atomic E-state index is 0.341. The number of nitrogens with zero attached hydrogens (tertiary/aromatic N) is 1. The van der Waals surface area contributed by atoms with E-state index in [0.29, 0.717) is 22.8 Å². The molecular formula is C13H12FN3O. The van der Waals surface area contributed by atoms with Crippen molar-refractivity contribution in [2.75, 3.05) is 11.1 Å². The fourth-order valence-electron chi connectivity index (χ4n) is 1.43. The zero-order valence-electron chi connectivity index (χ0n) is 9.77. The molecule has 1 amide bonds. The standard InChI is InChI=1S/C13H12FN3O/c1-8-11(15)6-7-12(16-8)17-13(18)9-2-4-10(14)5-3-9/h2-7H,15H2,1H3,(H,16,17,18). The molecule has 0 aliphatic carbocycles. The minimum atomic E-state index is -0.381. The van der Waals surface area contributed by atoms with Gasteiger partial charge in [0.2, 0.25) is 0 Å². The molecule has 2 rings (SSSR count). The second-order valence-electron chi connectivity index (χ2n) is 3.83. The first-order valence-electron chi connectivity index (χ1n) is 5.36. The Kier molecular flexibility index (Phi) is 3.23. The third-order valence-corrected chi connectivity index (χ3v) is 2.47. The van der Waals surface area contributed by atoms with Crippen LogP contribution in [0.3, 0.4) is 0 Å². The summed E-state index contributed by atoms with van der Waals surface area (Å²) in [5.74, 6) is -0.310. The molecule has 0 unspecified atom stereocenters. The summed E-state index contributed by atoms with van der Waals surface area (Å²) in [6.45, 7) is 1.75. The number of hydrogen-bond acceptors (Lipinski definition) is 3. The Morgan fingerprint density at radius 1 is 1.22 bits per heavy atom. The molecule has 0 radical (unpaired) electrons. The first-order valence-corrected chi connectivity index (χ1v) is 5.36. The van der Waals surface area contributed by atoms with Gasteiger partial charge in [0.05, 0.1) is 11.4 Å². The summed E-state index contributed by atoms with van der Waals surface area (Å²) in [5, 5.41) is 2.62. The number of rotatable bonds is 2. The first-order chi connectivity index (χ1) is 8.56. The Hall–Kier alpha value is -2.43. The van der Waals surface area contributed by atoms with E-state index in [1.165, 1.54) is 24.3 Å². The molecule has 0 aliphatic heterocycles. The van der Waals surface area contributed by atoms with Gasteiger partial charge in [-0.3, -0.25) is 4.79 Å². The Labute approximate surface area is 104 Å². The highest BCUT2D eigenvalue weighted by Crippen LogP contribution is 2.13. The van der Waals surface area contributed by atoms with Crippen molar-refractivity contribution in [2.45, 2.75) is 6.92 Å². The Balaban J connectivity index is 2.16. The average Bonchev–Trinajstić information content (AvgIpc) is 2.34. The van der Waals surface area contributed by atoms with E-state index in [0.717, 1.165) is 0 Å². The van der Waals surface area contributed by atoms with Gasteiger partial charge >= 0.3 is 0 Å². The number of carbonyl (C=O) groups is 1. The number of halogens is 1. The lowest BCUT2D eigenvalue weighted by atomic mass is 10.2. The van der Waals surface area contributed by atoms with Gasteiger partial charge in [-0.25, -0.2) is 9.37 Å². The second kappa shape index (κ2) is 4.83. The number of nitrogens with two attached hydrogens (primary N) is 1. The van der Waals surface area contributed by atoms with Gasteiger partial charge in [-0.05, 0) is 43.3 Å². The van der Waals surface area contributed by atoms with E-state index in [1.54, 1.807) is 19.1 Å². The number of carbonyl (C=O) groups excluding carboxylic acids is 1. The van der Waals surface area contributed by atoms with Gasteiger partial charge in [-0.1, -0.05) is 0 Å². The van der Waals surface area contributed by atoms with Gasteiger partial charge in [0.1, 0.15) is 11.6 Å². The third kappa shape index (κ3) is 2.63. The summed E-state index contributed by atoms with van der Waals surface area (Å²) in [6.07, 6.45) is 0. The van der Waals surface area contributed by atoms with Crippen molar-refractivity contribution in [3.8, 4) is 0 Å². The number of aromatic nitrogens is 1. The Morgan fingerprint density at radius 2 is 1.89 bits per heavy atom. The lowest BCUT2D eigenvalue weighted by Gasteiger charge is -2.06. The van der Waals surface area contributed by atoms with Crippen molar-refractivity contribution in [3.63, 3.8) is 0 Å². The van der Waals surface area contributed by atoms with Crippen molar-refractivity contribution in [2.24, 2.45) is 0 Å². The van der Waals surface area contributed by atoms with Gasteiger partial charge in [0.15, 0.2) is 0 Å². The van der Waals surface area contributed by atoms with Crippen molar-refractivity contribution in [1.29, 1.82) is 0 Å². The van der Waals surface area contributed by atoms with Crippen molar-refractivity contribution in [3.05, 3.63) is 53.5 Å². The zero-order chi connectivity index (χ0) is 13.1. The number of aryl methyl sites for hydroxylation is 1. The highest BCUT2D eigenvalue weighted by molar-refractivity contribution is 6.03. The number of anilines is 2. The molecule has 0 bridgehead atoms. The van der Waals surface area contributed by atoms with E-state index < -0.39 is 0 Å². The number of amides is 1. The van der Waals surface area contributed by atoms with Crippen LogP contribution in [-0.4, -0.2) is 10.9 Å². The first kappa shape index (κ1) is 12.0. The third-order valence-electron chi connectivity index (χ3n) is 2.47. The number of nitrogen functional groups attached to an aromatic ring is 1. The highest BCUT2D eigenvalue weighted by Gasteiger charge is 2.07. The molecule has 0 spiro atoms. The largest absolute Gasteiger partial charge is 0.397 e. The maximum atomic E-state index is 12.7. The second-order valence-corrected chi connectivity index (χ2v) is 3.83. The average molecular weight is 245 g/mol. The van der Waals surface area contributed by atoms with E-state index in [-0.39, 0.29) is 11.7 Å². The molecule has 3 N–H and O–H groups in total. The van der Waals surface area contributed by atoms with Gasteiger partial charge < -0.3 is 11.1 Å². The van der Waals surface area contributed by atoms with Crippen molar-refractivity contribution >= 4 is 17.4 Å². The molecule has 18 heavy (non-hydrogen) atoms. The van der Waals surface area contributed by atoms with Crippen LogP contribution < -0.4 is 11.1 Å². The summed E-state index contributed by atoms with van der Waals surface area (Å²) in [6, 6.07) is 8.57. The van der Waals surface area contributed by atoms with Crippen LogP contribution in [-0.2, 0) is 0 Å². The topological polar surface area (TPSA) is 68.0 Å². The van der Waals surface area contributed by atoms with Crippen LogP contribution in [0.4, 0.5) is 15.9 Å². The van der Waals surface area contributed by atoms with Crippen LogP contribution >= 0.6 is 0 Å². The van der Waals surface area contributed by atoms with Gasteiger partial charge in [-0.2, -0.15) is 0 Å². The van der Waals surface area contributed by atoms with Crippen LogP contribution in [0.1, 0.15) is 16.1 Å². The smallest absolute Gasteiger partial charge is 0.256 e. The van der Waals surface area contributed by atoms with Gasteiger partial charge in [0.25, 0.3) is 5.91 Å². The molecule has 1 heterocycles. The normalized spacial score (nSPS) is 10.1. The van der Waals surface area contributed by atoms with Crippen LogP contribution in [0.5, 0.6) is 0 Å². The maximum absolute atomic E-state index is 12.7. The van der Waals surface area contributed by atoms with E-state index >= 15 is 0 Å². The summed E-state index contributed by atoms with van der Waals surface area (Å²) in [7, 11) is 0. The summed E-state index contributed by atoms with van der Waals surface area (Å²) in [4.78, 5) is 15.9. The van der Waals surface area contributed by atoms with E-state index in [9.17, 15) is 9.18 Å². The SMILES string of the molecule is Cc1nc(NC(=O)c2ccc(F)cc2)ccc1N. The number of hydrogen-bond donors (Lipinski definition) is 2. The molecule has 92 valence electrons. The molecule has 0 saturated heterocycles. The molecule has 0 fully saturated rings. The molecule has 0 atom stereocenters. The number of benzene rings is 1. The minimum Gasteiger partial charge on any atom is -0.397 e. The Bertz CT molecular complexity index is 581. The molecule has 2 aromatic rings. The van der Waals surface area contributed by atoms with Crippen molar-refractivity contribution in [1.82, 2.24) is 4.98 Å². The molecule has 5 heteroatoms. The van der Waals surface area contributed by atoms with E-state index in [4.69, 9.17) is 5.73 Å². The highest BCUT2D eigenvalue weighted by atomic mass is 19.1. The monoisotopic (exact) mass is 245 g/mol. The number of pyridine rings is 1. The van der Waals surface area contributed by atoms with Gasteiger partial charge in [-0.15, -0.1) is 0 Å². The molecule has 1 aromatic heterocycles. The summed E-state index contributed by atoms with van der Waals surface area (Å²) >= 11 is 0. The van der Waals surface area contributed by atoms with Crippen LogP contribution in [0.25, 0.3) is 0 Å². The zero-order valence-corrected chi connectivity index (χ0v) is 9.77. The van der Waals surface area contributed by atoms with E-state index in [1.807, 2.05) is 0 Å². The van der Waals surface area contributed by atoms with Crippen LogP contribution in [0.2, 0.25) is 0 Å². The summed E-state index contributed by atoms with van der Waals surface area (Å²) in [5.41, 5.74) is 7.21.